The number of benzene rings is 2. The fraction of sp³-hybridized carbons (Fsp3) is 0.200. The zero-order valence-corrected chi connectivity index (χ0v) is 11.9. The topological polar surface area (TPSA) is 35.2 Å². The van der Waals surface area contributed by atoms with Crippen LogP contribution in [0, 0.1) is 6.92 Å². The Balaban J connectivity index is 2.31. The van der Waals surface area contributed by atoms with Gasteiger partial charge in [-0.05, 0) is 54.4 Å². The van der Waals surface area contributed by atoms with Crippen LogP contribution < -0.4 is 10.5 Å². The number of hydrogen-bond acceptors (Lipinski definition) is 2. The maximum Gasteiger partial charge on any atom is 0.416 e. The van der Waals surface area contributed by atoms with Crippen LogP contribution in [0.2, 0.25) is 5.02 Å². The van der Waals surface area contributed by atoms with E-state index in [4.69, 9.17) is 22.1 Å². The van der Waals surface area contributed by atoms with Gasteiger partial charge in [0.2, 0.25) is 0 Å². The number of rotatable bonds is 3. The van der Waals surface area contributed by atoms with Crippen LogP contribution in [0.3, 0.4) is 0 Å². The molecule has 2 aromatic carbocycles. The molecule has 0 aromatic heterocycles. The average molecular weight is 316 g/mol. The Bertz CT molecular complexity index is 656. The number of alkyl halides is 3. The molecule has 21 heavy (non-hydrogen) atoms. The first-order chi connectivity index (χ1) is 9.81. The third-order valence-electron chi connectivity index (χ3n) is 2.97. The molecule has 112 valence electrons. The first-order valence-electron chi connectivity index (χ1n) is 6.15. The number of hydrogen-bond donors (Lipinski definition) is 1. The Kier molecular flexibility index (Phi) is 4.44. The van der Waals surface area contributed by atoms with E-state index in [0.717, 1.165) is 11.6 Å². The maximum absolute atomic E-state index is 12.8. The molecule has 2 rings (SSSR count). The SMILES string of the molecule is Cc1cc(Oc2ccc(C(F)(F)F)c(CN)c2)ccc1Cl. The van der Waals surface area contributed by atoms with Gasteiger partial charge < -0.3 is 10.5 Å². The van der Waals surface area contributed by atoms with Crippen molar-refractivity contribution in [1.29, 1.82) is 0 Å². The Morgan fingerprint density at radius 2 is 1.71 bits per heavy atom. The molecule has 0 saturated carbocycles. The van der Waals surface area contributed by atoms with Crippen LogP contribution >= 0.6 is 11.6 Å². The van der Waals surface area contributed by atoms with E-state index < -0.39 is 11.7 Å². The average Bonchev–Trinajstić information content (AvgIpc) is 2.41. The minimum atomic E-state index is -4.43. The Morgan fingerprint density at radius 3 is 2.29 bits per heavy atom. The molecule has 0 aliphatic heterocycles. The summed E-state index contributed by atoms with van der Waals surface area (Å²) in [4.78, 5) is 0. The molecule has 2 aromatic rings. The number of aryl methyl sites for hydroxylation is 1. The number of ether oxygens (including phenoxy) is 1. The summed E-state index contributed by atoms with van der Waals surface area (Å²) in [5, 5.41) is 0.595. The smallest absolute Gasteiger partial charge is 0.416 e. The molecule has 2 N–H and O–H groups in total. The van der Waals surface area contributed by atoms with Crippen molar-refractivity contribution in [2.45, 2.75) is 19.6 Å². The van der Waals surface area contributed by atoms with Gasteiger partial charge in [-0.2, -0.15) is 13.2 Å². The second kappa shape index (κ2) is 5.95. The highest BCUT2D eigenvalue weighted by molar-refractivity contribution is 6.31. The van der Waals surface area contributed by atoms with E-state index >= 15 is 0 Å². The molecule has 0 saturated heterocycles. The van der Waals surface area contributed by atoms with Crippen LogP contribution in [0.5, 0.6) is 11.5 Å². The molecule has 0 aliphatic carbocycles. The van der Waals surface area contributed by atoms with E-state index in [1.54, 1.807) is 18.2 Å². The third-order valence-corrected chi connectivity index (χ3v) is 3.39. The molecular formula is C15H13ClF3NO. The van der Waals surface area contributed by atoms with Crippen LogP contribution in [0.1, 0.15) is 16.7 Å². The molecule has 0 atom stereocenters. The van der Waals surface area contributed by atoms with Crippen LogP contribution in [0.25, 0.3) is 0 Å². The second-order valence-electron chi connectivity index (χ2n) is 4.53. The lowest BCUT2D eigenvalue weighted by molar-refractivity contribution is -0.138. The first kappa shape index (κ1) is 15.7. The third kappa shape index (κ3) is 3.68. The summed E-state index contributed by atoms with van der Waals surface area (Å²) >= 11 is 5.91. The molecule has 0 amide bonds. The molecule has 0 spiro atoms. The number of nitrogens with two attached hydrogens (primary N) is 1. The molecule has 0 radical (unpaired) electrons. The van der Waals surface area contributed by atoms with Gasteiger partial charge in [0, 0.05) is 11.6 Å². The van der Waals surface area contributed by atoms with Crippen molar-refractivity contribution in [3.8, 4) is 11.5 Å². The molecular weight excluding hydrogens is 303 g/mol. The standard InChI is InChI=1S/C15H13ClF3NO/c1-9-6-11(3-5-14(9)16)21-12-2-4-13(15(17,18)19)10(7-12)8-20/h2-7H,8,20H2,1H3. The Morgan fingerprint density at radius 1 is 1.10 bits per heavy atom. The summed E-state index contributed by atoms with van der Waals surface area (Å²) in [7, 11) is 0. The molecule has 0 bridgehead atoms. The second-order valence-corrected chi connectivity index (χ2v) is 4.94. The van der Waals surface area contributed by atoms with Gasteiger partial charge in [0.15, 0.2) is 0 Å². The van der Waals surface area contributed by atoms with Crippen LogP contribution in [-0.2, 0) is 12.7 Å². The van der Waals surface area contributed by atoms with E-state index in [1.165, 1.54) is 12.1 Å². The normalized spacial score (nSPS) is 11.5. The highest BCUT2D eigenvalue weighted by Gasteiger charge is 2.33. The summed E-state index contributed by atoms with van der Waals surface area (Å²) in [6.45, 7) is 1.60. The van der Waals surface area contributed by atoms with Gasteiger partial charge in [-0.3, -0.25) is 0 Å². The van der Waals surface area contributed by atoms with E-state index in [9.17, 15) is 13.2 Å². The zero-order valence-electron chi connectivity index (χ0n) is 11.2. The van der Waals surface area contributed by atoms with Crippen molar-refractivity contribution >= 4 is 11.6 Å². The van der Waals surface area contributed by atoms with Crippen LogP contribution in [-0.4, -0.2) is 0 Å². The maximum atomic E-state index is 12.8. The lowest BCUT2D eigenvalue weighted by Crippen LogP contribution is -2.11. The molecule has 6 heteroatoms. The van der Waals surface area contributed by atoms with Crippen molar-refractivity contribution in [3.63, 3.8) is 0 Å². The van der Waals surface area contributed by atoms with E-state index in [-0.39, 0.29) is 12.1 Å². The van der Waals surface area contributed by atoms with E-state index in [2.05, 4.69) is 0 Å². The van der Waals surface area contributed by atoms with Crippen molar-refractivity contribution in [1.82, 2.24) is 0 Å². The lowest BCUT2D eigenvalue weighted by atomic mass is 10.1. The zero-order chi connectivity index (χ0) is 15.6. The summed E-state index contributed by atoms with van der Waals surface area (Å²) in [6, 6.07) is 8.57. The van der Waals surface area contributed by atoms with Gasteiger partial charge in [0.25, 0.3) is 0 Å². The van der Waals surface area contributed by atoms with Crippen molar-refractivity contribution in [2.24, 2.45) is 5.73 Å². The van der Waals surface area contributed by atoms with Crippen LogP contribution in [0.15, 0.2) is 36.4 Å². The van der Waals surface area contributed by atoms with Crippen molar-refractivity contribution in [2.75, 3.05) is 0 Å². The van der Waals surface area contributed by atoms with Gasteiger partial charge in [-0.15, -0.1) is 0 Å². The van der Waals surface area contributed by atoms with Crippen LogP contribution in [0.4, 0.5) is 13.2 Å². The largest absolute Gasteiger partial charge is 0.457 e. The van der Waals surface area contributed by atoms with Crippen molar-refractivity contribution in [3.05, 3.63) is 58.1 Å². The van der Waals surface area contributed by atoms with Gasteiger partial charge in [0.05, 0.1) is 5.56 Å². The highest BCUT2D eigenvalue weighted by Crippen LogP contribution is 2.35. The van der Waals surface area contributed by atoms with Gasteiger partial charge in [0.1, 0.15) is 11.5 Å². The fourth-order valence-electron chi connectivity index (χ4n) is 1.90. The highest BCUT2D eigenvalue weighted by atomic mass is 35.5. The van der Waals surface area contributed by atoms with E-state index in [1.807, 2.05) is 6.92 Å². The fourth-order valence-corrected chi connectivity index (χ4v) is 2.01. The summed E-state index contributed by atoms with van der Waals surface area (Å²) in [5.41, 5.74) is 5.45. The minimum absolute atomic E-state index is 0.00862. The van der Waals surface area contributed by atoms with Crippen molar-refractivity contribution < 1.29 is 17.9 Å². The van der Waals surface area contributed by atoms with Gasteiger partial charge in [-0.1, -0.05) is 11.6 Å². The molecule has 0 heterocycles. The summed E-state index contributed by atoms with van der Waals surface area (Å²) < 4.78 is 43.9. The quantitative estimate of drug-likeness (QED) is 0.872. The monoisotopic (exact) mass is 315 g/mol. The van der Waals surface area contributed by atoms with E-state index in [0.29, 0.717) is 16.5 Å². The summed E-state index contributed by atoms with van der Waals surface area (Å²) in [6.07, 6.45) is -4.43. The number of halogens is 4. The summed E-state index contributed by atoms with van der Waals surface area (Å²) in [5.74, 6) is 0.796. The molecule has 0 unspecified atom stereocenters. The predicted octanol–water partition coefficient (Wildman–Crippen LogP) is 4.92. The predicted molar refractivity (Wildman–Crippen MR) is 75.6 cm³/mol. The Labute approximate surface area is 125 Å². The molecule has 0 aliphatic rings. The molecule has 2 nitrogen and oxygen atoms in total. The molecule has 0 fully saturated rings. The first-order valence-corrected chi connectivity index (χ1v) is 6.53. The van der Waals surface area contributed by atoms with Gasteiger partial charge in [-0.25, -0.2) is 0 Å². The lowest BCUT2D eigenvalue weighted by Gasteiger charge is -2.14. The minimum Gasteiger partial charge on any atom is -0.457 e. The Hall–Kier alpha value is -1.72. The van der Waals surface area contributed by atoms with Gasteiger partial charge >= 0.3 is 6.18 Å².